The third kappa shape index (κ3) is 7.75. The van der Waals surface area contributed by atoms with Gasteiger partial charge < -0.3 is 25.4 Å². The lowest BCUT2D eigenvalue weighted by molar-refractivity contribution is -0.141. The quantitative estimate of drug-likeness (QED) is 0.201. The van der Waals surface area contributed by atoms with Gasteiger partial charge in [-0.2, -0.15) is 0 Å². The van der Waals surface area contributed by atoms with Crippen LogP contribution in [0.5, 0.6) is 5.75 Å². The van der Waals surface area contributed by atoms with E-state index in [4.69, 9.17) is 4.74 Å². The Hall–Kier alpha value is -4.85. The molecule has 5 rings (SSSR count). The van der Waals surface area contributed by atoms with Gasteiger partial charge in [0, 0.05) is 18.2 Å². The fraction of sp³-hybridized carbons (Fsp3) is 0.306. The minimum atomic E-state index is -1.02. The Morgan fingerprint density at radius 2 is 1.61 bits per heavy atom. The van der Waals surface area contributed by atoms with Gasteiger partial charge in [-0.25, -0.2) is 4.79 Å². The van der Waals surface area contributed by atoms with Gasteiger partial charge in [0.15, 0.2) is 0 Å². The highest BCUT2D eigenvalue weighted by Gasteiger charge is 2.44. The van der Waals surface area contributed by atoms with Crippen LogP contribution >= 0.6 is 0 Å². The highest BCUT2D eigenvalue weighted by molar-refractivity contribution is 6.00. The van der Waals surface area contributed by atoms with Crippen molar-refractivity contribution >= 4 is 34.4 Å². The van der Waals surface area contributed by atoms with E-state index in [0.29, 0.717) is 11.3 Å². The number of carbonyl (C=O) groups is 3. The molecule has 1 aliphatic rings. The molecule has 0 heterocycles. The van der Waals surface area contributed by atoms with Crippen LogP contribution in [0.25, 0.3) is 10.8 Å². The minimum Gasteiger partial charge on any atom is -0.508 e. The highest BCUT2D eigenvalue weighted by atomic mass is 16.6. The van der Waals surface area contributed by atoms with Crippen molar-refractivity contribution in [3.05, 3.63) is 108 Å². The average molecular weight is 594 g/mol. The van der Waals surface area contributed by atoms with Gasteiger partial charge in [0.25, 0.3) is 5.91 Å². The predicted molar refractivity (Wildman–Crippen MR) is 171 cm³/mol. The second-order valence-electron chi connectivity index (χ2n) is 12.4. The zero-order valence-corrected chi connectivity index (χ0v) is 25.5. The van der Waals surface area contributed by atoms with Gasteiger partial charge in [0.05, 0.1) is 0 Å². The summed E-state index contributed by atoms with van der Waals surface area (Å²) in [5, 5.41) is 17.7. The number of aromatic hydroxyl groups is 1. The third-order valence-electron chi connectivity index (χ3n) is 7.46. The predicted octanol–water partition coefficient (Wildman–Crippen LogP) is 6.66. The van der Waals surface area contributed by atoms with Crippen molar-refractivity contribution in [2.75, 3.05) is 5.32 Å². The number of anilines is 1. The summed E-state index contributed by atoms with van der Waals surface area (Å²) < 4.78 is 5.51. The number of hydrogen-bond acceptors (Lipinski definition) is 5. The molecule has 2 unspecified atom stereocenters. The van der Waals surface area contributed by atoms with Crippen LogP contribution in [0.15, 0.2) is 91.0 Å². The molecule has 0 radical (unpaired) electrons. The van der Waals surface area contributed by atoms with Gasteiger partial charge in [0.1, 0.15) is 23.4 Å². The topological polar surface area (TPSA) is 108 Å². The number of rotatable bonds is 9. The Balaban J connectivity index is 1.51. The van der Waals surface area contributed by atoms with Crippen LogP contribution in [0.1, 0.15) is 56.3 Å². The first-order chi connectivity index (χ1) is 21.0. The zero-order chi connectivity index (χ0) is 31.4. The first-order valence-corrected chi connectivity index (χ1v) is 14.9. The van der Waals surface area contributed by atoms with Gasteiger partial charge in [-0.05, 0) is 86.7 Å². The molecule has 0 bridgehead atoms. The molecule has 3 N–H and O–H groups in total. The molecule has 4 aromatic carbocycles. The molecule has 4 aromatic rings. The third-order valence-corrected chi connectivity index (χ3v) is 7.46. The molecule has 0 saturated heterocycles. The van der Waals surface area contributed by atoms with E-state index in [9.17, 15) is 19.5 Å². The molecule has 3 amide bonds. The number of ether oxygens (including phenoxy) is 1. The Morgan fingerprint density at radius 3 is 2.27 bits per heavy atom. The summed E-state index contributed by atoms with van der Waals surface area (Å²) in [6.45, 7) is 7.21. The van der Waals surface area contributed by atoms with Crippen molar-refractivity contribution in [3.8, 4) is 5.75 Å². The largest absolute Gasteiger partial charge is 0.508 e. The van der Waals surface area contributed by atoms with Gasteiger partial charge in [-0.3, -0.25) is 9.59 Å². The van der Waals surface area contributed by atoms with Crippen molar-refractivity contribution in [3.63, 3.8) is 0 Å². The maximum Gasteiger partial charge on any atom is 0.408 e. The van der Waals surface area contributed by atoms with Crippen LogP contribution in [0.2, 0.25) is 0 Å². The molecule has 1 aliphatic carbocycles. The number of nitrogens with one attached hydrogen (secondary N) is 2. The number of amides is 3. The first-order valence-electron chi connectivity index (χ1n) is 14.9. The Kier molecular flexibility index (Phi) is 8.90. The number of carbonyl (C=O) groups excluding carboxylic acids is 3. The average Bonchev–Trinajstić information content (AvgIpc) is 3.80. The van der Waals surface area contributed by atoms with E-state index in [-0.39, 0.29) is 30.0 Å². The van der Waals surface area contributed by atoms with Crippen molar-refractivity contribution in [1.29, 1.82) is 0 Å². The zero-order valence-electron chi connectivity index (χ0n) is 25.5. The minimum absolute atomic E-state index is 0.0983. The summed E-state index contributed by atoms with van der Waals surface area (Å²) in [5.41, 5.74) is 2.24. The van der Waals surface area contributed by atoms with Crippen LogP contribution in [-0.2, 0) is 20.7 Å². The molecule has 0 aliphatic heterocycles. The van der Waals surface area contributed by atoms with E-state index in [0.717, 1.165) is 34.7 Å². The number of fused-ring (bicyclic) bond motifs is 1. The van der Waals surface area contributed by atoms with E-state index in [1.54, 1.807) is 37.8 Å². The van der Waals surface area contributed by atoms with Gasteiger partial charge >= 0.3 is 6.09 Å². The summed E-state index contributed by atoms with van der Waals surface area (Å²) in [4.78, 5) is 43.4. The number of aryl methyl sites for hydroxylation is 1. The molecule has 228 valence electrons. The second-order valence-corrected chi connectivity index (χ2v) is 12.4. The molecule has 1 saturated carbocycles. The molecule has 0 aromatic heterocycles. The SMILES string of the molecule is Cc1cccc(C(C(=O)Nc2ccc3ccccc3c2)N(C(=O)C(Cc2ccc(O)cc2)NC(=O)OC(C)(C)C)C2CC2)c1. The Morgan fingerprint density at radius 1 is 0.909 bits per heavy atom. The molecule has 8 heteroatoms. The fourth-order valence-corrected chi connectivity index (χ4v) is 5.32. The van der Waals surface area contributed by atoms with Gasteiger partial charge in [-0.1, -0.05) is 72.3 Å². The normalized spacial score (nSPS) is 14.4. The van der Waals surface area contributed by atoms with Crippen LogP contribution in [0, 0.1) is 6.92 Å². The molecule has 1 fully saturated rings. The molecule has 0 spiro atoms. The summed E-state index contributed by atoms with van der Waals surface area (Å²) in [5.74, 6) is -0.625. The lowest BCUT2D eigenvalue weighted by Gasteiger charge is -2.35. The fourth-order valence-electron chi connectivity index (χ4n) is 5.32. The number of phenolic OH excluding ortho intramolecular Hbond substituents is 1. The van der Waals surface area contributed by atoms with Crippen molar-refractivity contribution in [1.82, 2.24) is 10.2 Å². The first kappa shape index (κ1) is 30.6. The lowest BCUT2D eigenvalue weighted by Crippen LogP contribution is -2.54. The number of nitrogens with zero attached hydrogens (tertiary/aromatic N) is 1. The monoisotopic (exact) mass is 593 g/mol. The highest BCUT2D eigenvalue weighted by Crippen LogP contribution is 2.37. The van der Waals surface area contributed by atoms with E-state index in [1.165, 1.54) is 12.1 Å². The molecule has 8 nitrogen and oxygen atoms in total. The molecular formula is C36H39N3O5. The lowest BCUT2D eigenvalue weighted by atomic mass is 9.98. The maximum absolute atomic E-state index is 14.6. The standard InChI is InChI=1S/C36H39N3O5/c1-23-8-7-11-27(20-23)32(33(41)37-28-15-14-25-9-5-6-10-26(25)22-28)39(29-16-17-29)34(42)31(38-35(43)44-36(2,3)4)21-24-12-18-30(40)19-13-24/h5-15,18-20,22,29,31-32,40H,16-17,21H2,1-4H3,(H,37,41)(H,38,43). The van der Waals surface area contributed by atoms with Crippen molar-refractivity contribution < 1.29 is 24.2 Å². The maximum atomic E-state index is 14.6. The number of hydrogen-bond donors (Lipinski definition) is 3. The van der Waals surface area contributed by atoms with Crippen LogP contribution in [0.4, 0.5) is 10.5 Å². The van der Waals surface area contributed by atoms with E-state index < -0.39 is 23.8 Å². The number of benzene rings is 4. The Labute approximate surface area is 258 Å². The summed E-state index contributed by atoms with van der Waals surface area (Å²) in [6, 6.07) is 25.6. The summed E-state index contributed by atoms with van der Waals surface area (Å²) in [6.07, 6.45) is 0.915. The number of phenols is 1. The van der Waals surface area contributed by atoms with Crippen molar-refractivity contribution in [2.24, 2.45) is 0 Å². The van der Waals surface area contributed by atoms with Gasteiger partial charge in [-0.15, -0.1) is 0 Å². The second kappa shape index (κ2) is 12.8. The van der Waals surface area contributed by atoms with Crippen LogP contribution in [-0.4, -0.2) is 45.6 Å². The van der Waals surface area contributed by atoms with E-state index in [1.807, 2.05) is 73.7 Å². The Bertz CT molecular complexity index is 1660. The number of alkyl carbamates (subject to hydrolysis) is 1. The molecule has 44 heavy (non-hydrogen) atoms. The summed E-state index contributed by atoms with van der Waals surface area (Å²) >= 11 is 0. The van der Waals surface area contributed by atoms with Crippen molar-refractivity contribution in [2.45, 2.75) is 70.7 Å². The van der Waals surface area contributed by atoms with E-state index >= 15 is 0 Å². The molecular weight excluding hydrogens is 554 g/mol. The molecule has 2 atom stereocenters. The summed E-state index contributed by atoms with van der Waals surface area (Å²) in [7, 11) is 0. The smallest absolute Gasteiger partial charge is 0.408 e. The van der Waals surface area contributed by atoms with Crippen LogP contribution in [0.3, 0.4) is 0 Å². The van der Waals surface area contributed by atoms with Crippen LogP contribution < -0.4 is 10.6 Å². The van der Waals surface area contributed by atoms with Gasteiger partial charge in [0.2, 0.25) is 5.91 Å². The van der Waals surface area contributed by atoms with E-state index in [2.05, 4.69) is 10.6 Å².